The lowest BCUT2D eigenvalue weighted by atomic mass is 10.3. The average molecular weight is 183 g/mol. The van der Waals surface area contributed by atoms with Crippen LogP contribution in [0.2, 0.25) is 0 Å². The summed E-state index contributed by atoms with van der Waals surface area (Å²) in [5.74, 6) is 0. The number of hydrogen-bond donors (Lipinski definition) is 1. The molecule has 0 aliphatic carbocycles. The first kappa shape index (κ1) is 12.4. The summed E-state index contributed by atoms with van der Waals surface area (Å²) in [5, 5.41) is 3.28. The van der Waals surface area contributed by atoms with Crippen LogP contribution in [0.15, 0.2) is 24.3 Å². The van der Waals surface area contributed by atoms with Gasteiger partial charge in [0.25, 0.3) is 0 Å². The molecule has 76 valence electrons. The van der Waals surface area contributed by atoms with Crippen LogP contribution in [0.25, 0.3) is 0 Å². The zero-order valence-corrected chi connectivity index (χ0v) is 8.81. The van der Waals surface area contributed by atoms with Crippen LogP contribution >= 0.6 is 0 Å². The van der Waals surface area contributed by atoms with Gasteiger partial charge < -0.3 is 10.1 Å². The van der Waals surface area contributed by atoms with Crippen LogP contribution in [0.3, 0.4) is 0 Å². The minimum Gasteiger partial charge on any atom is -0.373 e. The molecule has 0 spiro atoms. The molecule has 0 aromatic heterocycles. The molecule has 0 heterocycles. The maximum absolute atomic E-state index is 5.34. The second-order valence-corrected chi connectivity index (χ2v) is 3.01. The Morgan fingerprint density at radius 2 is 2.31 bits per heavy atom. The van der Waals surface area contributed by atoms with Gasteiger partial charge >= 0.3 is 0 Å². The Morgan fingerprint density at radius 1 is 1.54 bits per heavy atom. The predicted octanol–water partition coefficient (Wildman–Crippen LogP) is 2.13. The molecular weight excluding hydrogens is 162 g/mol. The molecule has 2 heteroatoms. The Morgan fingerprint density at radius 3 is 2.92 bits per heavy atom. The Bertz CT molecular complexity index is 152. The largest absolute Gasteiger partial charge is 0.373 e. The zero-order chi connectivity index (χ0) is 9.94. The number of ether oxygens (including phenoxy) is 1. The maximum Gasteiger partial charge on any atom is 0.0690 e. The quantitative estimate of drug-likeness (QED) is 0.460. The van der Waals surface area contributed by atoms with Crippen molar-refractivity contribution in [3.05, 3.63) is 24.3 Å². The van der Waals surface area contributed by atoms with E-state index in [1.54, 1.807) is 0 Å². The molecule has 1 N–H and O–H groups in total. The third-order valence-electron chi connectivity index (χ3n) is 1.56. The number of allylic oxidation sites excluding steroid dienone is 1. The predicted molar refractivity (Wildman–Crippen MR) is 57.9 cm³/mol. The summed E-state index contributed by atoms with van der Waals surface area (Å²) in [7, 11) is 0. The first-order valence-electron chi connectivity index (χ1n) is 4.87. The van der Waals surface area contributed by atoms with E-state index < -0.39 is 0 Å². The van der Waals surface area contributed by atoms with Crippen molar-refractivity contribution in [2.75, 3.05) is 26.3 Å². The summed E-state index contributed by atoms with van der Waals surface area (Å²) < 4.78 is 5.34. The molecule has 0 amide bonds. The molecule has 0 atom stereocenters. The van der Waals surface area contributed by atoms with E-state index >= 15 is 0 Å². The van der Waals surface area contributed by atoms with E-state index in [0.717, 1.165) is 25.1 Å². The van der Waals surface area contributed by atoms with Gasteiger partial charge in [-0.2, -0.15) is 0 Å². The standard InChI is InChI=1S/C11H21NO/c1-4-6-8-13-10-11(3)9-12-7-5-2/h4,6,12H,3,5,7-10H2,1-2H3/b6-4+. The van der Waals surface area contributed by atoms with E-state index in [1.165, 1.54) is 0 Å². The van der Waals surface area contributed by atoms with Gasteiger partial charge in [-0.1, -0.05) is 25.7 Å². The third-order valence-corrected chi connectivity index (χ3v) is 1.56. The van der Waals surface area contributed by atoms with Crippen molar-refractivity contribution in [3.63, 3.8) is 0 Å². The molecule has 0 aromatic rings. The van der Waals surface area contributed by atoms with Crippen molar-refractivity contribution in [2.24, 2.45) is 0 Å². The SMILES string of the molecule is C=C(CNCCC)COC/C=C/C. The second-order valence-electron chi connectivity index (χ2n) is 3.01. The molecule has 0 saturated carbocycles. The van der Waals surface area contributed by atoms with Gasteiger partial charge in [0.05, 0.1) is 13.2 Å². The first-order chi connectivity index (χ1) is 6.31. The highest BCUT2D eigenvalue weighted by Crippen LogP contribution is 1.90. The summed E-state index contributed by atoms with van der Waals surface area (Å²) in [6.07, 6.45) is 5.14. The summed E-state index contributed by atoms with van der Waals surface area (Å²) >= 11 is 0. The van der Waals surface area contributed by atoms with Crippen LogP contribution in [-0.2, 0) is 4.74 Å². The Labute approximate surface area is 81.7 Å². The molecule has 0 bridgehead atoms. The molecule has 0 aromatic carbocycles. The van der Waals surface area contributed by atoms with Gasteiger partial charge in [0, 0.05) is 6.54 Å². The fourth-order valence-corrected chi connectivity index (χ4v) is 0.861. The highest BCUT2D eigenvalue weighted by molar-refractivity contribution is 4.96. The average Bonchev–Trinajstić information content (AvgIpc) is 2.13. The number of rotatable bonds is 8. The molecule has 0 aliphatic rings. The van der Waals surface area contributed by atoms with Gasteiger partial charge in [-0.15, -0.1) is 0 Å². The minimum atomic E-state index is 0.654. The topological polar surface area (TPSA) is 21.3 Å². The van der Waals surface area contributed by atoms with Gasteiger partial charge in [0.1, 0.15) is 0 Å². The maximum atomic E-state index is 5.34. The smallest absolute Gasteiger partial charge is 0.0690 e. The van der Waals surface area contributed by atoms with Gasteiger partial charge in [-0.3, -0.25) is 0 Å². The van der Waals surface area contributed by atoms with Crippen molar-refractivity contribution >= 4 is 0 Å². The molecule has 0 radical (unpaired) electrons. The van der Waals surface area contributed by atoms with Gasteiger partial charge in [0.2, 0.25) is 0 Å². The van der Waals surface area contributed by atoms with E-state index in [9.17, 15) is 0 Å². The fourth-order valence-electron chi connectivity index (χ4n) is 0.861. The molecule has 0 aliphatic heterocycles. The van der Waals surface area contributed by atoms with Gasteiger partial charge in [0.15, 0.2) is 0 Å². The fraction of sp³-hybridized carbons (Fsp3) is 0.636. The van der Waals surface area contributed by atoms with Gasteiger partial charge in [-0.05, 0) is 25.5 Å². The normalized spacial score (nSPS) is 10.9. The summed E-state index contributed by atoms with van der Waals surface area (Å²) in [6, 6.07) is 0. The van der Waals surface area contributed by atoms with Crippen LogP contribution in [0.5, 0.6) is 0 Å². The zero-order valence-electron chi connectivity index (χ0n) is 8.81. The molecular formula is C11H21NO. The van der Waals surface area contributed by atoms with E-state index in [2.05, 4.69) is 18.8 Å². The van der Waals surface area contributed by atoms with E-state index in [1.807, 2.05) is 19.1 Å². The van der Waals surface area contributed by atoms with Crippen molar-refractivity contribution in [3.8, 4) is 0 Å². The molecule has 0 rings (SSSR count). The van der Waals surface area contributed by atoms with Crippen molar-refractivity contribution in [1.82, 2.24) is 5.32 Å². The van der Waals surface area contributed by atoms with Crippen LogP contribution in [0.1, 0.15) is 20.3 Å². The Balaban J connectivity index is 3.20. The second kappa shape index (κ2) is 9.49. The molecule has 0 fully saturated rings. The number of nitrogens with one attached hydrogen (secondary N) is 1. The monoisotopic (exact) mass is 183 g/mol. The summed E-state index contributed by atoms with van der Waals surface area (Å²) in [4.78, 5) is 0. The van der Waals surface area contributed by atoms with Crippen molar-refractivity contribution < 1.29 is 4.74 Å². The van der Waals surface area contributed by atoms with E-state index in [-0.39, 0.29) is 0 Å². The summed E-state index contributed by atoms with van der Waals surface area (Å²) in [5.41, 5.74) is 1.11. The van der Waals surface area contributed by atoms with Gasteiger partial charge in [-0.25, -0.2) is 0 Å². The molecule has 0 unspecified atom stereocenters. The Kier molecular flexibility index (Phi) is 9.05. The van der Waals surface area contributed by atoms with Crippen LogP contribution in [0.4, 0.5) is 0 Å². The highest BCUT2D eigenvalue weighted by atomic mass is 16.5. The first-order valence-corrected chi connectivity index (χ1v) is 4.87. The van der Waals surface area contributed by atoms with Crippen molar-refractivity contribution in [1.29, 1.82) is 0 Å². The minimum absolute atomic E-state index is 0.654. The molecule has 0 saturated heterocycles. The van der Waals surface area contributed by atoms with Crippen LogP contribution in [0, 0.1) is 0 Å². The lowest BCUT2D eigenvalue weighted by Crippen LogP contribution is -2.19. The van der Waals surface area contributed by atoms with Crippen LogP contribution in [-0.4, -0.2) is 26.3 Å². The molecule has 13 heavy (non-hydrogen) atoms. The van der Waals surface area contributed by atoms with E-state index in [0.29, 0.717) is 13.2 Å². The number of hydrogen-bond acceptors (Lipinski definition) is 2. The summed E-state index contributed by atoms with van der Waals surface area (Å²) in [6.45, 7) is 11.3. The van der Waals surface area contributed by atoms with E-state index in [4.69, 9.17) is 4.74 Å². The lowest BCUT2D eigenvalue weighted by Gasteiger charge is -2.06. The highest BCUT2D eigenvalue weighted by Gasteiger charge is 1.92. The van der Waals surface area contributed by atoms with Crippen molar-refractivity contribution in [2.45, 2.75) is 20.3 Å². The molecule has 2 nitrogen and oxygen atoms in total. The van der Waals surface area contributed by atoms with Crippen LogP contribution < -0.4 is 5.32 Å². The Hall–Kier alpha value is -0.600. The lowest BCUT2D eigenvalue weighted by molar-refractivity contribution is 0.185. The third kappa shape index (κ3) is 9.31.